The minimum atomic E-state index is -3.47. The molecule has 0 saturated carbocycles. The van der Waals surface area contributed by atoms with Gasteiger partial charge in [0.05, 0.1) is 43.7 Å². The lowest BCUT2D eigenvalue weighted by molar-refractivity contribution is -0.930. The molecule has 0 radical (unpaired) electrons. The largest absolute Gasteiger partial charge is 0.450 e. The Hall–Kier alpha value is -1.35. The van der Waals surface area contributed by atoms with Gasteiger partial charge in [0.2, 0.25) is 10.0 Å². The number of nitrogens with zero attached hydrogens (tertiary/aromatic N) is 2. The molecular weight excluding hydrogens is 390 g/mol. The van der Waals surface area contributed by atoms with E-state index in [-0.39, 0.29) is 11.0 Å². The fraction of sp³-hybridized carbons (Fsp3) is 0.611. The minimum Gasteiger partial charge on any atom is -0.450 e. The minimum absolute atomic E-state index is 0.232. The molecule has 0 aliphatic carbocycles. The van der Waals surface area contributed by atoms with Crippen molar-refractivity contribution < 1.29 is 22.8 Å². The molecule has 27 heavy (non-hydrogen) atoms. The van der Waals surface area contributed by atoms with E-state index in [4.69, 9.17) is 16.3 Å². The first kappa shape index (κ1) is 20.4. The zero-order valence-electron chi connectivity index (χ0n) is 15.6. The SMILES string of the molecule is CCOC(=O)N1CCC([NH+]2CCN(S(=O)(=O)c3ccc(Cl)cc3)CC2)CC1. The number of carbonyl (C=O) groups excluding carboxylic acids is 1. The Morgan fingerprint density at radius 3 is 2.30 bits per heavy atom. The summed E-state index contributed by atoms with van der Waals surface area (Å²) in [7, 11) is -3.47. The summed E-state index contributed by atoms with van der Waals surface area (Å²) < 4.78 is 32.2. The third-order valence-electron chi connectivity index (χ3n) is 5.41. The van der Waals surface area contributed by atoms with Crippen LogP contribution in [0.1, 0.15) is 19.8 Å². The molecule has 0 atom stereocenters. The first-order chi connectivity index (χ1) is 12.9. The quantitative estimate of drug-likeness (QED) is 0.789. The van der Waals surface area contributed by atoms with Crippen molar-refractivity contribution in [2.24, 2.45) is 0 Å². The van der Waals surface area contributed by atoms with Gasteiger partial charge in [0.1, 0.15) is 0 Å². The molecular formula is C18H27ClN3O4S+. The maximum absolute atomic E-state index is 12.8. The number of quaternary nitrogens is 1. The molecule has 0 unspecified atom stereocenters. The highest BCUT2D eigenvalue weighted by Crippen LogP contribution is 2.18. The normalized spacial score (nSPS) is 20.6. The molecule has 0 bridgehead atoms. The molecule has 9 heteroatoms. The van der Waals surface area contributed by atoms with Crippen LogP contribution >= 0.6 is 11.6 Å². The Labute approximate surface area is 165 Å². The van der Waals surface area contributed by atoms with Crippen molar-refractivity contribution in [1.29, 1.82) is 0 Å². The van der Waals surface area contributed by atoms with Crippen LogP contribution in [0.3, 0.4) is 0 Å². The van der Waals surface area contributed by atoms with Gasteiger partial charge in [0.25, 0.3) is 0 Å². The van der Waals surface area contributed by atoms with Gasteiger partial charge in [0, 0.05) is 31.0 Å². The summed E-state index contributed by atoms with van der Waals surface area (Å²) in [5, 5.41) is 0.525. The average Bonchev–Trinajstić information content (AvgIpc) is 2.69. The lowest BCUT2D eigenvalue weighted by Crippen LogP contribution is -3.18. The zero-order chi connectivity index (χ0) is 19.4. The van der Waals surface area contributed by atoms with Crippen molar-refractivity contribution in [1.82, 2.24) is 9.21 Å². The third-order valence-corrected chi connectivity index (χ3v) is 7.58. The summed E-state index contributed by atoms with van der Waals surface area (Å²) in [6, 6.07) is 6.79. The van der Waals surface area contributed by atoms with E-state index in [1.165, 1.54) is 4.90 Å². The Balaban J connectivity index is 1.52. The molecule has 2 aliphatic heterocycles. The molecule has 2 fully saturated rings. The molecule has 2 saturated heterocycles. The van der Waals surface area contributed by atoms with Crippen LogP contribution in [0.5, 0.6) is 0 Å². The summed E-state index contributed by atoms with van der Waals surface area (Å²) >= 11 is 5.86. The van der Waals surface area contributed by atoms with Crippen LogP contribution in [-0.2, 0) is 14.8 Å². The topological polar surface area (TPSA) is 71.4 Å². The van der Waals surface area contributed by atoms with Gasteiger partial charge >= 0.3 is 6.09 Å². The van der Waals surface area contributed by atoms with E-state index in [9.17, 15) is 13.2 Å². The molecule has 2 heterocycles. The second-order valence-corrected chi connectivity index (χ2v) is 9.35. The van der Waals surface area contributed by atoms with Crippen molar-refractivity contribution in [3.05, 3.63) is 29.3 Å². The summed E-state index contributed by atoms with van der Waals surface area (Å²) in [5.41, 5.74) is 0. The maximum atomic E-state index is 12.8. The van der Waals surface area contributed by atoms with Crippen LogP contribution in [0, 0.1) is 0 Å². The second-order valence-electron chi connectivity index (χ2n) is 6.98. The van der Waals surface area contributed by atoms with E-state index in [1.807, 2.05) is 6.92 Å². The van der Waals surface area contributed by atoms with Crippen LogP contribution in [0.15, 0.2) is 29.2 Å². The molecule has 150 valence electrons. The number of ether oxygens (including phenoxy) is 1. The maximum Gasteiger partial charge on any atom is 0.409 e. The molecule has 7 nitrogen and oxygen atoms in total. The van der Waals surface area contributed by atoms with Crippen molar-refractivity contribution in [3.8, 4) is 0 Å². The Morgan fingerprint density at radius 1 is 1.15 bits per heavy atom. The van der Waals surface area contributed by atoms with E-state index >= 15 is 0 Å². The average molecular weight is 417 g/mol. The number of nitrogens with one attached hydrogen (secondary N) is 1. The zero-order valence-corrected chi connectivity index (χ0v) is 17.1. The van der Waals surface area contributed by atoms with Crippen LogP contribution in [0.2, 0.25) is 5.02 Å². The van der Waals surface area contributed by atoms with Gasteiger partial charge in [-0.05, 0) is 31.2 Å². The fourth-order valence-electron chi connectivity index (χ4n) is 3.86. The molecule has 1 N–H and O–H groups in total. The number of amides is 1. The molecule has 2 aliphatic rings. The smallest absolute Gasteiger partial charge is 0.409 e. The van der Waals surface area contributed by atoms with Crippen LogP contribution in [-0.4, -0.2) is 75.6 Å². The molecule has 1 aromatic carbocycles. The van der Waals surface area contributed by atoms with Crippen molar-refractivity contribution in [3.63, 3.8) is 0 Å². The number of halogens is 1. The first-order valence-corrected chi connectivity index (χ1v) is 11.3. The standard InChI is InChI=1S/C18H26ClN3O4S/c1-2-26-18(23)21-9-7-16(8-10-21)20-11-13-22(14-12-20)27(24,25)17-5-3-15(19)4-6-17/h3-6,16H,2,7-14H2,1H3/p+1. The van der Waals surface area contributed by atoms with Crippen LogP contribution < -0.4 is 4.90 Å². The number of piperidine rings is 1. The lowest BCUT2D eigenvalue weighted by Gasteiger charge is -2.39. The van der Waals surface area contributed by atoms with Crippen molar-refractivity contribution in [2.45, 2.75) is 30.7 Å². The predicted molar refractivity (Wildman–Crippen MR) is 103 cm³/mol. The summed E-state index contributed by atoms with van der Waals surface area (Å²) in [4.78, 5) is 15.3. The highest BCUT2D eigenvalue weighted by Gasteiger charge is 2.35. The molecule has 0 spiro atoms. The summed E-state index contributed by atoms with van der Waals surface area (Å²) in [6.45, 7) is 6.23. The molecule has 1 amide bonds. The van der Waals surface area contributed by atoms with E-state index in [0.29, 0.717) is 43.9 Å². The monoisotopic (exact) mass is 416 g/mol. The van der Waals surface area contributed by atoms with Gasteiger partial charge < -0.3 is 14.5 Å². The van der Waals surface area contributed by atoms with Crippen molar-refractivity contribution >= 4 is 27.7 Å². The number of carbonyl (C=O) groups is 1. The number of sulfonamides is 1. The Kier molecular flexibility index (Phi) is 6.62. The molecule has 3 rings (SSSR count). The number of likely N-dealkylation sites (tertiary alicyclic amines) is 1. The second kappa shape index (κ2) is 8.77. The van der Waals surface area contributed by atoms with E-state index in [2.05, 4.69) is 0 Å². The Morgan fingerprint density at radius 2 is 1.74 bits per heavy atom. The fourth-order valence-corrected chi connectivity index (χ4v) is 5.43. The van der Waals surface area contributed by atoms with Crippen molar-refractivity contribution in [2.75, 3.05) is 45.9 Å². The van der Waals surface area contributed by atoms with E-state index in [0.717, 1.165) is 25.9 Å². The number of piperazine rings is 1. The molecule has 0 aromatic heterocycles. The van der Waals surface area contributed by atoms with Crippen LogP contribution in [0.25, 0.3) is 0 Å². The predicted octanol–water partition coefficient (Wildman–Crippen LogP) is 0.850. The van der Waals surface area contributed by atoms with E-state index < -0.39 is 10.0 Å². The highest BCUT2D eigenvalue weighted by molar-refractivity contribution is 7.89. The summed E-state index contributed by atoms with van der Waals surface area (Å²) in [6.07, 6.45) is 1.63. The number of rotatable bonds is 4. The van der Waals surface area contributed by atoms with Gasteiger partial charge in [0.15, 0.2) is 0 Å². The Bertz CT molecular complexity index is 740. The lowest BCUT2D eigenvalue weighted by atomic mass is 10.0. The van der Waals surface area contributed by atoms with Crippen LogP contribution in [0.4, 0.5) is 4.79 Å². The van der Waals surface area contributed by atoms with Gasteiger partial charge in [-0.25, -0.2) is 13.2 Å². The highest BCUT2D eigenvalue weighted by atomic mass is 35.5. The first-order valence-electron chi connectivity index (χ1n) is 9.44. The number of benzene rings is 1. The summed E-state index contributed by atoms with van der Waals surface area (Å²) in [5.74, 6) is 0. The van der Waals surface area contributed by atoms with Gasteiger partial charge in [-0.1, -0.05) is 11.6 Å². The number of hydrogen-bond acceptors (Lipinski definition) is 4. The molecule has 1 aromatic rings. The number of hydrogen-bond donors (Lipinski definition) is 1. The van der Waals surface area contributed by atoms with E-state index in [1.54, 1.807) is 33.5 Å². The van der Waals surface area contributed by atoms with Gasteiger partial charge in [-0.15, -0.1) is 0 Å². The third kappa shape index (κ3) is 4.74. The van der Waals surface area contributed by atoms with Gasteiger partial charge in [-0.3, -0.25) is 0 Å². The van der Waals surface area contributed by atoms with Gasteiger partial charge in [-0.2, -0.15) is 4.31 Å².